The van der Waals surface area contributed by atoms with Crippen molar-refractivity contribution < 1.29 is 8.42 Å². The van der Waals surface area contributed by atoms with E-state index in [1.165, 1.54) is 16.1 Å². The van der Waals surface area contributed by atoms with E-state index in [1.54, 1.807) is 11.8 Å². The Balaban J connectivity index is 1.58. The van der Waals surface area contributed by atoms with Gasteiger partial charge >= 0.3 is 0 Å². The number of hydrogen-bond acceptors (Lipinski definition) is 5. The van der Waals surface area contributed by atoms with Gasteiger partial charge < -0.3 is 0 Å². The lowest BCUT2D eigenvalue weighted by molar-refractivity contribution is 0.590. The number of anilines is 1. The molecule has 30 heavy (non-hydrogen) atoms. The standard InChI is InChI=1S/C22H26N4O2S2/c1-5-16-8-6-7-14(2)21(16)23-22-25-24-19(13-29-22)17-9-10-20-18(12-17)11-15(3)26(20)30(4,27)28/h6-10,12,15H,5,11,13H2,1-4H3,(H,23,25)/t15-/m1/s1. The normalized spacial score (nSPS) is 20.1. The van der Waals surface area contributed by atoms with Gasteiger partial charge in [-0.3, -0.25) is 9.73 Å². The second-order valence-corrected chi connectivity index (χ2v) is 10.6. The number of para-hydroxylation sites is 1. The molecule has 4 rings (SSSR count). The van der Waals surface area contributed by atoms with Crippen molar-refractivity contribution in [2.24, 2.45) is 10.1 Å². The number of fused-ring (bicyclic) bond motifs is 1. The molecule has 0 saturated heterocycles. The fraction of sp³-hybridized carbons (Fsp3) is 0.364. The number of nitrogens with one attached hydrogen (secondary N) is 1. The van der Waals surface area contributed by atoms with Crippen molar-refractivity contribution in [3.63, 3.8) is 0 Å². The minimum absolute atomic E-state index is 0.0633. The Hall–Kier alpha value is -2.32. The molecular weight excluding hydrogens is 416 g/mol. The van der Waals surface area contributed by atoms with Gasteiger partial charge in [-0.1, -0.05) is 43.0 Å². The molecule has 0 fully saturated rings. The molecule has 0 aliphatic carbocycles. The van der Waals surface area contributed by atoms with Crippen molar-refractivity contribution in [3.8, 4) is 0 Å². The maximum atomic E-state index is 12.1. The molecule has 2 aliphatic heterocycles. The van der Waals surface area contributed by atoms with Crippen molar-refractivity contribution in [1.29, 1.82) is 0 Å². The summed E-state index contributed by atoms with van der Waals surface area (Å²) in [6, 6.07) is 12.1. The Kier molecular flexibility index (Phi) is 5.63. The summed E-state index contributed by atoms with van der Waals surface area (Å²) >= 11 is 1.63. The summed E-state index contributed by atoms with van der Waals surface area (Å²) < 4.78 is 25.8. The highest BCUT2D eigenvalue weighted by Crippen LogP contribution is 2.35. The van der Waals surface area contributed by atoms with Gasteiger partial charge in [0.15, 0.2) is 5.17 Å². The molecule has 0 unspecified atom stereocenters. The molecule has 158 valence electrons. The lowest BCUT2D eigenvalue weighted by Crippen LogP contribution is -2.34. The molecule has 8 heteroatoms. The van der Waals surface area contributed by atoms with E-state index >= 15 is 0 Å². The fourth-order valence-electron chi connectivity index (χ4n) is 4.08. The van der Waals surface area contributed by atoms with Crippen LogP contribution in [0.15, 0.2) is 46.5 Å². The average molecular weight is 443 g/mol. The molecule has 0 saturated carbocycles. The van der Waals surface area contributed by atoms with Crippen LogP contribution in [0.3, 0.4) is 0 Å². The number of aliphatic imine (C=N–C) groups is 1. The fourth-order valence-corrected chi connectivity index (χ4v) is 6.11. The van der Waals surface area contributed by atoms with Gasteiger partial charge in [0.05, 0.1) is 23.3 Å². The first-order chi connectivity index (χ1) is 14.3. The first-order valence-electron chi connectivity index (χ1n) is 10.0. The van der Waals surface area contributed by atoms with Crippen LogP contribution in [0.4, 0.5) is 11.4 Å². The molecular formula is C22H26N4O2S2. The molecule has 1 atom stereocenters. The molecule has 0 spiro atoms. The highest BCUT2D eigenvalue weighted by atomic mass is 32.2. The first-order valence-corrected chi connectivity index (χ1v) is 12.9. The van der Waals surface area contributed by atoms with Gasteiger partial charge in [0.25, 0.3) is 0 Å². The van der Waals surface area contributed by atoms with Gasteiger partial charge in [-0.05, 0) is 61.1 Å². The van der Waals surface area contributed by atoms with Crippen LogP contribution in [0.5, 0.6) is 0 Å². The molecule has 0 bridgehead atoms. The molecule has 0 radical (unpaired) electrons. The Bertz CT molecular complexity index is 1160. The number of sulfonamides is 1. The van der Waals surface area contributed by atoms with Crippen LogP contribution in [0.25, 0.3) is 0 Å². The maximum Gasteiger partial charge on any atom is 0.232 e. The lowest BCUT2D eigenvalue weighted by atomic mass is 10.0. The number of aryl methyl sites for hydroxylation is 2. The molecule has 2 aromatic rings. The Morgan fingerprint density at radius 1 is 1.30 bits per heavy atom. The van der Waals surface area contributed by atoms with Crippen molar-refractivity contribution in [1.82, 2.24) is 5.43 Å². The van der Waals surface area contributed by atoms with Crippen molar-refractivity contribution >= 4 is 44.0 Å². The molecule has 2 aromatic carbocycles. The number of hydrogen-bond donors (Lipinski definition) is 1. The monoisotopic (exact) mass is 442 g/mol. The topological polar surface area (TPSA) is 74.1 Å². The summed E-state index contributed by atoms with van der Waals surface area (Å²) in [5.74, 6) is 0.712. The predicted molar refractivity (Wildman–Crippen MR) is 127 cm³/mol. The number of benzene rings is 2. The van der Waals surface area contributed by atoms with Gasteiger partial charge in [0, 0.05) is 11.8 Å². The van der Waals surface area contributed by atoms with E-state index in [9.17, 15) is 8.42 Å². The molecule has 2 aliphatic rings. The van der Waals surface area contributed by atoms with E-state index in [2.05, 4.69) is 48.6 Å². The summed E-state index contributed by atoms with van der Waals surface area (Å²) in [6.45, 7) is 6.15. The third-order valence-electron chi connectivity index (χ3n) is 5.47. The van der Waals surface area contributed by atoms with E-state index in [4.69, 9.17) is 4.99 Å². The molecule has 0 aromatic heterocycles. The van der Waals surface area contributed by atoms with E-state index in [0.717, 1.165) is 45.4 Å². The first kappa shape index (κ1) is 20.9. The third kappa shape index (κ3) is 3.98. The molecule has 6 nitrogen and oxygen atoms in total. The third-order valence-corrected chi connectivity index (χ3v) is 7.62. The average Bonchev–Trinajstić information content (AvgIpc) is 3.05. The number of hydrazone groups is 1. The van der Waals surface area contributed by atoms with Crippen LogP contribution in [-0.2, 0) is 22.9 Å². The van der Waals surface area contributed by atoms with Gasteiger partial charge in [-0.25, -0.2) is 13.4 Å². The van der Waals surface area contributed by atoms with Crippen molar-refractivity contribution in [3.05, 3.63) is 58.7 Å². The lowest BCUT2D eigenvalue weighted by Gasteiger charge is -2.22. The quantitative estimate of drug-likeness (QED) is 0.777. The zero-order valence-corrected chi connectivity index (χ0v) is 19.3. The van der Waals surface area contributed by atoms with Crippen LogP contribution in [0, 0.1) is 6.92 Å². The number of thioether (sulfide) groups is 1. The smallest absolute Gasteiger partial charge is 0.232 e. The number of rotatable bonds is 4. The summed E-state index contributed by atoms with van der Waals surface area (Å²) in [7, 11) is -3.28. The van der Waals surface area contributed by atoms with Crippen LogP contribution < -0.4 is 9.73 Å². The zero-order valence-electron chi connectivity index (χ0n) is 17.6. The van der Waals surface area contributed by atoms with Gasteiger partial charge in [0.2, 0.25) is 10.0 Å². The summed E-state index contributed by atoms with van der Waals surface area (Å²) in [4.78, 5) is 4.81. The van der Waals surface area contributed by atoms with Crippen molar-refractivity contribution in [2.45, 2.75) is 39.7 Å². The summed E-state index contributed by atoms with van der Waals surface area (Å²) in [5, 5.41) is 5.35. The second kappa shape index (κ2) is 8.07. The molecule has 0 amide bonds. The Morgan fingerprint density at radius 3 is 2.77 bits per heavy atom. The highest BCUT2D eigenvalue weighted by Gasteiger charge is 2.32. The predicted octanol–water partition coefficient (Wildman–Crippen LogP) is 4.00. The van der Waals surface area contributed by atoms with Crippen LogP contribution >= 0.6 is 11.8 Å². The van der Waals surface area contributed by atoms with Gasteiger partial charge in [-0.2, -0.15) is 5.10 Å². The SMILES string of the molecule is CCc1cccc(C)c1N=C1NN=C(c2ccc3c(c2)C[C@@H](C)N3S(C)(=O)=O)CS1. The Morgan fingerprint density at radius 2 is 2.10 bits per heavy atom. The maximum absolute atomic E-state index is 12.1. The van der Waals surface area contributed by atoms with Gasteiger partial charge in [-0.15, -0.1) is 0 Å². The minimum Gasteiger partial charge on any atom is -0.267 e. The minimum atomic E-state index is -3.28. The van der Waals surface area contributed by atoms with Crippen LogP contribution in [0.1, 0.15) is 36.1 Å². The van der Waals surface area contributed by atoms with Gasteiger partial charge in [0.1, 0.15) is 0 Å². The van der Waals surface area contributed by atoms with E-state index in [1.807, 2.05) is 19.1 Å². The largest absolute Gasteiger partial charge is 0.267 e. The van der Waals surface area contributed by atoms with E-state index < -0.39 is 10.0 Å². The van der Waals surface area contributed by atoms with Crippen molar-refractivity contribution in [2.75, 3.05) is 16.3 Å². The van der Waals surface area contributed by atoms with Crippen LogP contribution in [-0.4, -0.2) is 37.3 Å². The van der Waals surface area contributed by atoms with E-state index in [-0.39, 0.29) is 6.04 Å². The van der Waals surface area contributed by atoms with E-state index in [0.29, 0.717) is 12.2 Å². The highest BCUT2D eigenvalue weighted by molar-refractivity contribution is 8.14. The van der Waals surface area contributed by atoms with Crippen LogP contribution in [0.2, 0.25) is 0 Å². The zero-order chi connectivity index (χ0) is 21.5. The molecule has 1 N–H and O–H groups in total. The summed E-state index contributed by atoms with van der Waals surface area (Å²) in [5.41, 5.74) is 10.3. The summed E-state index contributed by atoms with van der Waals surface area (Å²) in [6.07, 6.45) is 2.91. The second-order valence-electron chi connectivity index (χ2n) is 7.77. The molecule has 2 heterocycles. The Labute approximate surface area is 182 Å². The number of amidine groups is 1. The number of nitrogens with zero attached hydrogens (tertiary/aromatic N) is 3.